The number of nitrogens with one attached hydrogen (secondary N) is 2. The van der Waals surface area contributed by atoms with Gasteiger partial charge in [-0.1, -0.05) is 13.8 Å². The number of amides is 1. The summed E-state index contributed by atoms with van der Waals surface area (Å²) in [5, 5.41) is 5.92. The first kappa shape index (κ1) is 16.4. The SMILES string of the molecule is CCN(CC)CCCNc1ccc(NC(=O)CN)cn1. The van der Waals surface area contributed by atoms with Crippen LogP contribution in [-0.2, 0) is 4.79 Å². The molecule has 0 atom stereocenters. The van der Waals surface area contributed by atoms with Gasteiger partial charge in [0.25, 0.3) is 0 Å². The Kier molecular flexibility index (Phi) is 7.60. The Morgan fingerprint density at radius 3 is 2.65 bits per heavy atom. The second kappa shape index (κ2) is 9.28. The molecule has 20 heavy (non-hydrogen) atoms. The fourth-order valence-electron chi connectivity index (χ4n) is 1.84. The molecule has 1 rings (SSSR count). The molecule has 6 heteroatoms. The van der Waals surface area contributed by atoms with Crippen LogP contribution < -0.4 is 16.4 Å². The Hall–Kier alpha value is -1.66. The van der Waals surface area contributed by atoms with Gasteiger partial charge in [-0.2, -0.15) is 0 Å². The zero-order valence-electron chi connectivity index (χ0n) is 12.4. The molecule has 4 N–H and O–H groups in total. The third-order valence-electron chi connectivity index (χ3n) is 3.08. The zero-order chi connectivity index (χ0) is 14.8. The molecule has 0 bridgehead atoms. The van der Waals surface area contributed by atoms with Crippen molar-refractivity contribution in [3.8, 4) is 0 Å². The van der Waals surface area contributed by atoms with E-state index in [4.69, 9.17) is 5.73 Å². The molecule has 0 unspecified atom stereocenters. The summed E-state index contributed by atoms with van der Waals surface area (Å²) in [6, 6.07) is 3.66. The number of hydrogen-bond acceptors (Lipinski definition) is 5. The van der Waals surface area contributed by atoms with Gasteiger partial charge in [0.15, 0.2) is 0 Å². The summed E-state index contributed by atoms with van der Waals surface area (Å²) in [7, 11) is 0. The minimum absolute atomic E-state index is 0.0225. The van der Waals surface area contributed by atoms with Gasteiger partial charge < -0.3 is 21.3 Å². The van der Waals surface area contributed by atoms with Gasteiger partial charge in [0.2, 0.25) is 5.91 Å². The van der Waals surface area contributed by atoms with Crippen molar-refractivity contribution in [1.82, 2.24) is 9.88 Å². The molecule has 0 fully saturated rings. The average Bonchev–Trinajstić information content (AvgIpc) is 2.49. The highest BCUT2D eigenvalue weighted by atomic mass is 16.1. The van der Waals surface area contributed by atoms with Gasteiger partial charge in [-0.3, -0.25) is 4.79 Å². The Balaban J connectivity index is 2.29. The van der Waals surface area contributed by atoms with Crippen molar-refractivity contribution in [2.75, 3.05) is 43.4 Å². The highest BCUT2D eigenvalue weighted by molar-refractivity contribution is 5.91. The quantitative estimate of drug-likeness (QED) is 0.590. The number of carbonyl (C=O) groups excluding carboxylic acids is 1. The maximum Gasteiger partial charge on any atom is 0.238 e. The number of pyridine rings is 1. The maximum absolute atomic E-state index is 11.1. The van der Waals surface area contributed by atoms with E-state index in [9.17, 15) is 4.79 Å². The molecular weight excluding hydrogens is 254 g/mol. The Morgan fingerprint density at radius 1 is 1.35 bits per heavy atom. The smallest absolute Gasteiger partial charge is 0.238 e. The average molecular weight is 279 g/mol. The largest absolute Gasteiger partial charge is 0.370 e. The van der Waals surface area contributed by atoms with Gasteiger partial charge in [-0.25, -0.2) is 4.98 Å². The van der Waals surface area contributed by atoms with Gasteiger partial charge in [-0.15, -0.1) is 0 Å². The number of anilines is 2. The molecule has 6 nitrogen and oxygen atoms in total. The van der Waals surface area contributed by atoms with E-state index in [0.29, 0.717) is 5.69 Å². The predicted octanol–water partition coefficient (Wildman–Crippen LogP) is 1.12. The molecule has 0 aliphatic carbocycles. The summed E-state index contributed by atoms with van der Waals surface area (Å²) in [6.45, 7) is 8.47. The molecule has 1 aromatic rings. The summed E-state index contributed by atoms with van der Waals surface area (Å²) in [5.74, 6) is 0.599. The number of aromatic nitrogens is 1. The Labute approximate surface area is 120 Å². The summed E-state index contributed by atoms with van der Waals surface area (Å²) < 4.78 is 0. The number of nitrogens with two attached hydrogens (primary N) is 1. The monoisotopic (exact) mass is 279 g/mol. The van der Waals surface area contributed by atoms with Crippen LogP contribution in [0.4, 0.5) is 11.5 Å². The van der Waals surface area contributed by atoms with Gasteiger partial charge >= 0.3 is 0 Å². The van der Waals surface area contributed by atoms with Crippen molar-refractivity contribution in [3.63, 3.8) is 0 Å². The molecule has 1 heterocycles. The third kappa shape index (κ3) is 5.99. The van der Waals surface area contributed by atoms with Crippen LogP contribution >= 0.6 is 0 Å². The first-order chi connectivity index (χ1) is 9.69. The molecule has 0 spiro atoms. The van der Waals surface area contributed by atoms with Crippen LogP contribution in [0, 0.1) is 0 Å². The Bertz CT molecular complexity index is 389. The lowest BCUT2D eigenvalue weighted by atomic mass is 10.3. The number of rotatable bonds is 9. The van der Waals surface area contributed by atoms with Crippen LogP contribution in [0.25, 0.3) is 0 Å². The summed E-state index contributed by atoms with van der Waals surface area (Å²) in [4.78, 5) is 17.7. The Morgan fingerprint density at radius 2 is 2.10 bits per heavy atom. The highest BCUT2D eigenvalue weighted by Crippen LogP contribution is 2.09. The minimum Gasteiger partial charge on any atom is -0.370 e. The first-order valence-electron chi connectivity index (χ1n) is 7.11. The molecule has 0 saturated heterocycles. The van der Waals surface area contributed by atoms with Gasteiger partial charge in [0.05, 0.1) is 18.4 Å². The van der Waals surface area contributed by atoms with Crippen LogP contribution in [0.5, 0.6) is 0 Å². The third-order valence-corrected chi connectivity index (χ3v) is 3.08. The molecule has 1 amide bonds. The van der Waals surface area contributed by atoms with Crippen molar-refractivity contribution in [1.29, 1.82) is 0 Å². The van der Waals surface area contributed by atoms with Crippen molar-refractivity contribution >= 4 is 17.4 Å². The van der Waals surface area contributed by atoms with Crippen molar-refractivity contribution in [2.45, 2.75) is 20.3 Å². The zero-order valence-corrected chi connectivity index (χ0v) is 12.4. The van der Waals surface area contributed by atoms with E-state index in [-0.39, 0.29) is 12.5 Å². The predicted molar refractivity (Wildman–Crippen MR) is 82.8 cm³/mol. The molecule has 0 saturated carbocycles. The second-order valence-electron chi connectivity index (χ2n) is 4.49. The fraction of sp³-hybridized carbons (Fsp3) is 0.571. The lowest BCUT2D eigenvalue weighted by molar-refractivity contribution is -0.114. The molecular formula is C14H25N5O. The van der Waals surface area contributed by atoms with E-state index in [2.05, 4.69) is 34.4 Å². The van der Waals surface area contributed by atoms with Crippen molar-refractivity contribution < 1.29 is 4.79 Å². The topological polar surface area (TPSA) is 83.3 Å². The molecule has 1 aromatic heterocycles. The lowest BCUT2D eigenvalue weighted by Gasteiger charge is -2.17. The van der Waals surface area contributed by atoms with Crippen molar-refractivity contribution in [2.24, 2.45) is 5.73 Å². The van der Waals surface area contributed by atoms with Crippen LogP contribution in [0.15, 0.2) is 18.3 Å². The molecule has 0 radical (unpaired) electrons. The summed E-state index contributed by atoms with van der Waals surface area (Å²) in [6.07, 6.45) is 2.70. The summed E-state index contributed by atoms with van der Waals surface area (Å²) >= 11 is 0. The highest BCUT2D eigenvalue weighted by Gasteiger charge is 2.01. The van der Waals surface area contributed by atoms with Crippen LogP contribution in [-0.4, -0.2) is 48.5 Å². The van der Waals surface area contributed by atoms with Gasteiger partial charge in [0, 0.05) is 6.54 Å². The number of hydrogen-bond donors (Lipinski definition) is 3. The minimum atomic E-state index is -0.216. The van der Waals surface area contributed by atoms with E-state index in [1.54, 1.807) is 6.20 Å². The molecule has 0 aliphatic heterocycles. The van der Waals surface area contributed by atoms with Gasteiger partial charge in [0.1, 0.15) is 5.82 Å². The summed E-state index contributed by atoms with van der Waals surface area (Å²) in [5.41, 5.74) is 5.89. The molecule has 0 aromatic carbocycles. The first-order valence-corrected chi connectivity index (χ1v) is 7.11. The number of nitrogens with zero attached hydrogens (tertiary/aromatic N) is 2. The van der Waals surface area contributed by atoms with Crippen LogP contribution in [0.1, 0.15) is 20.3 Å². The molecule has 112 valence electrons. The number of carbonyl (C=O) groups is 1. The van der Waals surface area contributed by atoms with E-state index >= 15 is 0 Å². The maximum atomic E-state index is 11.1. The van der Waals surface area contributed by atoms with Crippen LogP contribution in [0.3, 0.4) is 0 Å². The van der Waals surface area contributed by atoms with Crippen molar-refractivity contribution in [3.05, 3.63) is 18.3 Å². The second-order valence-corrected chi connectivity index (χ2v) is 4.49. The van der Waals surface area contributed by atoms with Gasteiger partial charge in [-0.05, 0) is 38.2 Å². The van der Waals surface area contributed by atoms with E-state index in [1.165, 1.54) is 0 Å². The van der Waals surface area contributed by atoms with E-state index in [1.807, 2.05) is 12.1 Å². The molecule has 0 aliphatic rings. The van der Waals surface area contributed by atoms with E-state index in [0.717, 1.165) is 38.4 Å². The lowest BCUT2D eigenvalue weighted by Crippen LogP contribution is -2.25. The fourth-order valence-corrected chi connectivity index (χ4v) is 1.84. The van der Waals surface area contributed by atoms with E-state index < -0.39 is 0 Å². The standard InChI is InChI=1S/C14H25N5O/c1-3-19(4-2)9-5-8-16-13-7-6-12(11-17-13)18-14(20)10-15/h6-7,11H,3-5,8-10,15H2,1-2H3,(H,16,17)(H,18,20). The normalized spacial score (nSPS) is 10.6. The van der Waals surface area contributed by atoms with Crippen LogP contribution in [0.2, 0.25) is 0 Å².